The molecule has 0 fully saturated rings. The number of nitrogens with zero attached hydrogens (tertiary/aromatic N) is 1. The van der Waals surface area contributed by atoms with Gasteiger partial charge in [-0.15, -0.1) is 0 Å². The van der Waals surface area contributed by atoms with Gasteiger partial charge in [0.1, 0.15) is 0 Å². The molecule has 1 N–H and O–H groups in total. The third-order valence-electron chi connectivity index (χ3n) is 3.73. The molecule has 1 heterocycles. The van der Waals surface area contributed by atoms with Crippen LogP contribution in [0.25, 0.3) is 0 Å². The van der Waals surface area contributed by atoms with Crippen LogP contribution in [0.5, 0.6) is 0 Å². The monoisotopic (exact) mass is 398 g/mol. The molecule has 2 aromatic rings. The van der Waals surface area contributed by atoms with E-state index >= 15 is 0 Å². The van der Waals surface area contributed by atoms with Crippen LogP contribution < -0.4 is 5.32 Å². The van der Waals surface area contributed by atoms with Gasteiger partial charge >= 0.3 is 0 Å². The van der Waals surface area contributed by atoms with Crippen molar-refractivity contribution in [3.8, 4) is 0 Å². The van der Waals surface area contributed by atoms with Crippen molar-refractivity contribution in [3.05, 3.63) is 71.8 Å². The molecule has 0 aliphatic carbocycles. The number of anilines is 1. The van der Waals surface area contributed by atoms with Crippen molar-refractivity contribution in [3.63, 3.8) is 0 Å². The van der Waals surface area contributed by atoms with Crippen LogP contribution in [0.2, 0.25) is 0 Å². The molecular formula is C18H17N2OSY-. The molecule has 2 aromatic carbocycles. The summed E-state index contributed by atoms with van der Waals surface area (Å²) in [5, 5.41) is 3.16. The van der Waals surface area contributed by atoms with Gasteiger partial charge in [0.2, 0.25) is 5.91 Å². The third kappa shape index (κ3) is 4.25. The summed E-state index contributed by atoms with van der Waals surface area (Å²) in [5.41, 5.74) is 3.80. The number of hydrogen-bond acceptors (Lipinski definition) is 2. The predicted octanol–water partition coefficient (Wildman–Crippen LogP) is 3.65. The van der Waals surface area contributed by atoms with Crippen LogP contribution in [0.1, 0.15) is 28.4 Å². The second kappa shape index (κ2) is 8.14. The van der Waals surface area contributed by atoms with Crippen LogP contribution in [-0.4, -0.2) is 22.3 Å². The fourth-order valence-electron chi connectivity index (χ4n) is 2.60. The van der Waals surface area contributed by atoms with Crippen LogP contribution in [0.3, 0.4) is 0 Å². The fourth-order valence-corrected chi connectivity index (χ4v) is 2.85. The number of carbonyl (C=O) groups excluding carboxylic acids is 1. The van der Waals surface area contributed by atoms with E-state index in [1.165, 1.54) is 5.56 Å². The predicted molar refractivity (Wildman–Crippen MR) is 92.9 cm³/mol. The van der Waals surface area contributed by atoms with Crippen molar-refractivity contribution in [1.82, 2.24) is 4.90 Å². The standard InChI is InChI=1S/C18H17N2OS.Y/c1-2-20-12-17(22)19-16-9-8-14(11-15(16)18(20)21)10-13-6-4-3-5-7-13;/h2-9,11H,10,12H2,1H3,(H,19,22);/q-1;. The summed E-state index contributed by atoms with van der Waals surface area (Å²) in [7, 11) is 0. The molecule has 1 radical (unpaired) electrons. The average Bonchev–Trinajstić information content (AvgIpc) is 2.65. The number of carbonyl (C=O) groups is 1. The first-order valence-corrected chi connectivity index (χ1v) is 7.65. The van der Waals surface area contributed by atoms with Crippen molar-refractivity contribution in [2.24, 2.45) is 0 Å². The Bertz CT molecular complexity index is 718. The van der Waals surface area contributed by atoms with E-state index in [-0.39, 0.29) is 38.6 Å². The molecule has 1 amide bonds. The topological polar surface area (TPSA) is 32.3 Å². The van der Waals surface area contributed by atoms with Gasteiger partial charge in [0.25, 0.3) is 0 Å². The fraction of sp³-hybridized carbons (Fsp3) is 0.167. The van der Waals surface area contributed by atoms with Gasteiger partial charge in [-0.2, -0.15) is 6.92 Å². The van der Waals surface area contributed by atoms with Gasteiger partial charge in [-0.1, -0.05) is 48.6 Å². The Labute approximate surface area is 167 Å². The molecule has 0 aromatic heterocycles. The number of rotatable bonds is 3. The molecule has 23 heavy (non-hydrogen) atoms. The van der Waals surface area contributed by atoms with Gasteiger partial charge < -0.3 is 10.2 Å². The summed E-state index contributed by atoms with van der Waals surface area (Å²) in [6.07, 6.45) is 0.807. The summed E-state index contributed by atoms with van der Waals surface area (Å²) in [4.78, 5) is 14.9. The van der Waals surface area contributed by atoms with Crippen LogP contribution in [-0.2, 0) is 39.1 Å². The minimum absolute atomic E-state index is 0. The Balaban J connectivity index is 0.00000192. The zero-order chi connectivity index (χ0) is 15.5. The largest absolute Gasteiger partial charge is 0.484 e. The van der Waals surface area contributed by atoms with Crippen molar-refractivity contribution in [2.75, 3.05) is 11.9 Å². The SMILES string of the molecule is C[CH-]N1CC(=S)Nc2ccc(Cc3ccccc3)cc2C1=O.[Y]. The van der Waals surface area contributed by atoms with E-state index in [1.54, 1.807) is 11.4 Å². The minimum atomic E-state index is -0.0141. The molecule has 0 spiro atoms. The molecule has 0 saturated heterocycles. The van der Waals surface area contributed by atoms with Crippen LogP contribution in [0.4, 0.5) is 5.69 Å². The number of hydrogen-bond donors (Lipinski definition) is 1. The summed E-state index contributed by atoms with van der Waals surface area (Å²) in [6.45, 7) is 4.04. The Kier molecular flexibility index (Phi) is 6.45. The summed E-state index contributed by atoms with van der Waals surface area (Å²) in [5.74, 6) is -0.0141. The van der Waals surface area contributed by atoms with Crippen molar-refractivity contribution in [2.45, 2.75) is 13.3 Å². The average molecular weight is 398 g/mol. The Hall–Kier alpha value is -1.10. The van der Waals surface area contributed by atoms with Crippen LogP contribution in [0.15, 0.2) is 48.5 Å². The first-order chi connectivity index (χ1) is 10.7. The maximum absolute atomic E-state index is 12.6. The Morgan fingerprint density at radius 1 is 1.17 bits per heavy atom. The second-order valence-corrected chi connectivity index (χ2v) is 5.77. The van der Waals surface area contributed by atoms with E-state index in [0.29, 0.717) is 17.1 Å². The molecule has 115 valence electrons. The zero-order valence-corrected chi connectivity index (χ0v) is 16.6. The maximum Gasteiger partial charge on any atom is 0.227 e. The van der Waals surface area contributed by atoms with Gasteiger partial charge in [0, 0.05) is 39.3 Å². The van der Waals surface area contributed by atoms with Gasteiger partial charge in [0.15, 0.2) is 0 Å². The zero-order valence-electron chi connectivity index (χ0n) is 13.0. The Morgan fingerprint density at radius 3 is 2.61 bits per heavy atom. The number of nitrogens with one attached hydrogen (secondary N) is 1. The van der Waals surface area contributed by atoms with E-state index in [9.17, 15) is 4.79 Å². The molecule has 3 rings (SSSR count). The molecular weight excluding hydrogens is 381 g/mol. The van der Waals surface area contributed by atoms with E-state index in [0.717, 1.165) is 17.7 Å². The maximum atomic E-state index is 12.6. The van der Waals surface area contributed by atoms with Crippen molar-refractivity contribution in [1.29, 1.82) is 0 Å². The van der Waals surface area contributed by atoms with Crippen LogP contribution >= 0.6 is 12.2 Å². The first-order valence-electron chi connectivity index (χ1n) is 7.24. The molecule has 5 heteroatoms. The van der Waals surface area contributed by atoms with E-state index in [4.69, 9.17) is 12.2 Å². The molecule has 0 atom stereocenters. The second-order valence-electron chi connectivity index (χ2n) is 5.28. The number of thiocarbonyl (C=S) groups is 1. The van der Waals surface area contributed by atoms with Crippen molar-refractivity contribution >= 4 is 28.8 Å². The van der Waals surface area contributed by atoms with Crippen molar-refractivity contribution < 1.29 is 37.5 Å². The molecule has 1 aliphatic rings. The molecule has 0 bridgehead atoms. The molecule has 1 aliphatic heterocycles. The number of amides is 1. The first kappa shape index (κ1) is 18.2. The van der Waals surface area contributed by atoms with Gasteiger partial charge in [-0.3, -0.25) is 4.79 Å². The van der Waals surface area contributed by atoms with Gasteiger partial charge in [-0.25, -0.2) is 6.54 Å². The van der Waals surface area contributed by atoms with E-state index < -0.39 is 0 Å². The van der Waals surface area contributed by atoms with Gasteiger partial charge in [-0.05, 0) is 29.7 Å². The quantitative estimate of drug-likeness (QED) is 0.633. The number of fused-ring (bicyclic) bond motifs is 1. The van der Waals surface area contributed by atoms with Crippen LogP contribution in [0, 0.1) is 6.54 Å². The summed E-state index contributed by atoms with van der Waals surface area (Å²) in [6, 6.07) is 16.2. The molecule has 3 nitrogen and oxygen atoms in total. The number of benzene rings is 2. The van der Waals surface area contributed by atoms with Gasteiger partial charge in [0.05, 0.1) is 16.2 Å². The summed E-state index contributed by atoms with van der Waals surface area (Å²) >= 11 is 5.28. The van der Waals surface area contributed by atoms with E-state index in [1.807, 2.05) is 43.3 Å². The Morgan fingerprint density at radius 2 is 1.91 bits per heavy atom. The third-order valence-corrected chi connectivity index (χ3v) is 3.96. The normalized spacial score (nSPS) is 13.7. The van der Waals surface area contributed by atoms with E-state index in [2.05, 4.69) is 17.4 Å². The smallest absolute Gasteiger partial charge is 0.227 e. The summed E-state index contributed by atoms with van der Waals surface area (Å²) < 4.78 is 0. The molecule has 0 unspecified atom stereocenters. The molecule has 0 saturated carbocycles. The minimum Gasteiger partial charge on any atom is -0.484 e.